The number of furan rings is 1. The highest BCUT2D eigenvalue weighted by Crippen LogP contribution is 2.30. The van der Waals surface area contributed by atoms with Crippen LogP contribution in [0, 0.1) is 0 Å². The lowest BCUT2D eigenvalue weighted by Gasteiger charge is -2.18. The molecule has 0 aliphatic carbocycles. The monoisotopic (exact) mass is 384 g/mol. The van der Waals surface area contributed by atoms with Crippen molar-refractivity contribution in [2.24, 2.45) is 0 Å². The van der Waals surface area contributed by atoms with Gasteiger partial charge in [0.15, 0.2) is 29.1 Å². The number of benzene rings is 1. The van der Waals surface area contributed by atoms with Gasteiger partial charge in [-0.15, -0.1) is 10.2 Å². The lowest BCUT2D eigenvalue weighted by molar-refractivity contribution is -0.118. The lowest BCUT2D eigenvalue weighted by atomic mass is 10.1. The fourth-order valence-electron chi connectivity index (χ4n) is 2.74. The average molecular weight is 384 g/mol. The minimum absolute atomic E-state index is 0.0131. The Morgan fingerprint density at radius 2 is 2.22 bits per heavy atom. The highest BCUT2D eigenvalue weighted by atomic mass is 32.2. The van der Waals surface area contributed by atoms with E-state index in [1.54, 1.807) is 30.5 Å². The lowest BCUT2D eigenvalue weighted by Crippen LogP contribution is -2.25. The predicted octanol–water partition coefficient (Wildman–Crippen LogP) is 2.86. The number of anilines is 1. The second-order valence-electron chi connectivity index (χ2n) is 5.79. The SMILES string of the molecule is CCn1c(SCC(=O)c2ccc3c(c2)NC(=O)CO3)nnc1-c1ccco1. The molecule has 0 fully saturated rings. The van der Waals surface area contributed by atoms with Crippen LogP contribution in [0.15, 0.2) is 46.2 Å². The first-order chi connectivity index (χ1) is 13.2. The number of nitrogens with zero attached hydrogens (tertiary/aromatic N) is 3. The minimum Gasteiger partial charge on any atom is -0.482 e. The molecule has 27 heavy (non-hydrogen) atoms. The van der Waals surface area contributed by atoms with Gasteiger partial charge < -0.3 is 14.5 Å². The summed E-state index contributed by atoms with van der Waals surface area (Å²) in [5.74, 6) is 1.71. The first-order valence-electron chi connectivity index (χ1n) is 8.35. The number of thioether (sulfide) groups is 1. The van der Waals surface area contributed by atoms with Crippen LogP contribution in [-0.2, 0) is 11.3 Å². The molecular formula is C18H16N4O4S. The zero-order chi connectivity index (χ0) is 18.8. The summed E-state index contributed by atoms with van der Waals surface area (Å²) in [6.45, 7) is 2.62. The van der Waals surface area contributed by atoms with E-state index in [4.69, 9.17) is 9.15 Å². The van der Waals surface area contributed by atoms with Crippen LogP contribution >= 0.6 is 11.8 Å². The first-order valence-corrected chi connectivity index (χ1v) is 9.34. The van der Waals surface area contributed by atoms with E-state index in [1.165, 1.54) is 11.8 Å². The van der Waals surface area contributed by atoms with E-state index in [2.05, 4.69) is 15.5 Å². The van der Waals surface area contributed by atoms with Crippen LogP contribution in [0.2, 0.25) is 0 Å². The number of hydrogen-bond donors (Lipinski definition) is 1. The third-order valence-corrected chi connectivity index (χ3v) is 5.01. The van der Waals surface area contributed by atoms with E-state index in [-0.39, 0.29) is 24.1 Å². The molecular weight excluding hydrogens is 368 g/mol. The van der Waals surface area contributed by atoms with Crippen molar-refractivity contribution in [1.82, 2.24) is 14.8 Å². The molecule has 0 atom stereocenters. The summed E-state index contributed by atoms with van der Waals surface area (Å²) in [6.07, 6.45) is 1.58. The maximum atomic E-state index is 12.6. The van der Waals surface area contributed by atoms with E-state index in [1.807, 2.05) is 17.6 Å². The Morgan fingerprint density at radius 3 is 3.00 bits per heavy atom. The number of carbonyl (C=O) groups is 2. The van der Waals surface area contributed by atoms with Crippen LogP contribution in [-0.4, -0.2) is 38.8 Å². The number of aromatic nitrogens is 3. The van der Waals surface area contributed by atoms with Gasteiger partial charge in [-0.05, 0) is 37.3 Å². The van der Waals surface area contributed by atoms with Gasteiger partial charge in [0.1, 0.15) is 5.75 Å². The third kappa shape index (κ3) is 3.45. The number of amides is 1. The number of carbonyl (C=O) groups excluding carboxylic acids is 2. The number of nitrogens with one attached hydrogen (secondary N) is 1. The van der Waals surface area contributed by atoms with Gasteiger partial charge in [-0.3, -0.25) is 14.2 Å². The molecule has 1 N–H and O–H groups in total. The molecule has 1 aliphatic rings. The molecule has 2 aromatic heterocycles. The topological polar surface area (TPSA) is 99.2 Å². The number of ketones is 1. The van der Waals surface area contributed by atoms with Gasteiger partial charge in [0.2, 0.25) is 0 Å². The molecule has 0 bridgehead atoms. The van der Waals surface area contributed by atoms with Crippen LogP contribution in [0.1, 0.15) is 17.3 Å². The van der Waals surface area contributed by atoms with Gasteiger partial charge in [0, 0.05) is 12.1 Å². The molecule has 0 spiro atoms. The summed E-state index contributed by atoms with van der Waals surface area (Å²) < 4.78 is 12.6. The Balaban J connectivity index is 1.49. The smallest absolute Gasteiger partial charge is 0.262 e. The van der Waals surface area contributed by atoms with E-state index in [0.717, 1.165) is 0 Å². The highest BCUT2D eigenvalue weighted by Gasteiger charge is 2.19. The molecule has 0 saturated carbocycles. The molecule has 0 saturated heterocycles. The van der Waals surface area contributed by atoms with Crippen molar-refractivity contribution in [2.75, 3.05) is 17.7 Å². The molecule has 3 aromatic rings. The Morgan fingerprint density at radius 1 is 1.33 bits per heavy atom. The summed E-state index contributed by atoms with van der Waals surface area (Å²) in [5.41, 5.74) is 1.01. The summed E-state index contributed by atoms with van der Waals surface area (Å²) in [5, 5.41) is 11.7. The number of fused-ring (bicyclic) bond motifs is 1. The molecule has 1 aliphatic heterocycles. The fourth-order valence-corrected chi connectivity index (χ4v) is 3.64. The van der Waals surface area contributed by atoms with Crippen LogP contribution in [0.3, 0.4) is 0 Å². The first kappa shape index (κ1) is 17.3. The average Bonchev–Trinajstić information content (AvgIpc) is 3.34. The molecule has 4 rings (SSSR count). The fraction of sp³-hybridized carbons (Fsp3) is 0.222. The van der Waals surface area contributed by atoms with Crippen molar-refractivity contribution >= 4 is 29.1 Å². The van der Waals surface area contributed by atoms with Crippen LogP contribution in [0.25, 0.3) is 11.6 Å². The summed E-state index contributed by atoms with van der Waals surface area (Å²) >= 11 is 1.31. The van der Waals surface area contributed by atoms with Crippen molar-refractivity contribution in [3.05, 3.63) is 42.2 Å². The second kappa shape index (κ2) is 7.28. The maximum Gasteiger partial charge on any atom is 0.262 e. The number of ether oxygens (including phenoxy) is 1. The Labute approximate surface area is 158 Å². The van der Waals surface area contributed by atoms with Crippen molar-refractivity contribution in [1.29, 1.82) is 0 Å². The summed E-state index contributed by atoms with van der Waals surface area (Å²) in [7, 11) is 0. The van der Waals surface area contributed by atoms with Gasteiger partial charge in [0.25, 0.3) is 5.91 Å². The number of Topliss-reactive ketones (excluding diaryl/α,β-unsaturated/α-hetero) is 1. The zero-order valence-electron chi connectivity index (χ0n) is 14.5. The van der Waals surface area contributed by atoms with E-state index < -0.39 is 0 Å². The molecule has 0 radical (unpaired) electrons. The largest absolute Gasteiger partial charge is 0.482 e. The third-order valence-electron chi connectivity index (χ3n) is 4.04. The van der Waals surface area contributed by atoms with E-state index >= 15 is 0 Å². The van der Waals surface area contributed by atoms with Gasteiger partial charge in [-0.25, -0.2) is 0 Å². The molecule has 3 heterocycles. The van der Waals surface area contributed by atoms with Gasteiger partial charge in [-0.2, -0.15) is 0 Å². The summed E-state index contributed by atoms with van der Waals surface area (Å²) in [6, 6.07) is 8.63. The van der Waals surface area contributed by atoms with Crippen molar-refractivity contribution < 1.29 is 18.7 Å². The molecule has 1 amide bonds. The minimum atomic E-state index is -0.233. The van der Waals surface area contributed by atoms with Crippen LogP contribution < -0.4 is 10.1 Å². The standard InChI is InChI=1S/C18H16N4O4S/c1-2-22-17(15-4-3-7-25-15)20-21-18(22)27-10-13(23)11-5-6-14-12(8-11)19-16(24)9-26-14/h3-8H,2,9-10H2,1H3,(H,19,24). The van der Waals surface area contributed by atoms with Crippen molar-refractivity contribution in [3.8, 4) is 17.3 Å². The van der Waals surface area contributed by atoms with Gasteiger partial charge in [-0.1, -0.05) is 11.8 Å². The molecule has 8 nitrogen and oxygen atoms in total. The normalized spacial score (nSPS) is 13.0. The Bertz CT molecular complexity index is 997. The number of rotatable bonds is 6. The van der Waals surface area contributed by atoms with E-state index in [9.17, 15) is 9.59 Å². The van der Waals surface area contributed by atoms with Gasteiger partial charge >= 0.3 is 0 Å². The molecule has 0 unspecified atom stereocenters. The quantitative estimate of drug-likeness (QED) is 0.515. The highest BCUT2D eigenvalue weighted by molar-refractivity contribution is 7.99. The van der Waals surface area contributed by atoms with Gasteiger partial charge in [0.05, 0.1) is 17.7 Å². The van der Waals surface area contributed by atoms with E-state index in [0.29, 0.717) is 40.3 Å². The maximum absolute atomic E-state index is 12.6. The molecule has 138 valence electrons. The van der Waals surface area contributed by atoms with Crippen molar-refractivity contribution in [3.63, 3.8) is 0 Å². The summed E-state index contributed by atoms with van der Waals surface area (Å²) in [4.78, 5) is 24.0. The predicted molar refractivity (Wildman–Crippen MR) is 99.0 cm³/mol. The Kier molecular flexibility index (Phi) is 4.68. The van der Waals surface area contributed by atoms with Crippen LogP contribution in [0.4, 0.5) is 5.69 Å². The number of hydrogen-bond acceptors (Lipinski definition) is 7. The molecule has 1 aromatic carbocycles. The van der Waals surface area contributed by atoms with Crippen LogP contribution in [0.5, 0.6) is 5.75 Å². The second-order valence-corrected chi connectivity index (χ2v) is 6.73. The Hall–Kier alpha value is -3.07. The molecule has 9 heteroatoms. The zero-order valence-corrected chi connectivity index (χ0v) is 15.3. The van der Waals surface area contributed by atoms with Crippen molar-refractivity contribution in [2.45, 2.75) is 18.6 Å².